The van der Waals surface area contributed by atoms with Gasteiger partial charge in [-0.05, 0) is 55.2 Å². The molecule has 4 heteroatoms. The van der Waals surface area contributed by atoms with Gasteiger partial charge in [0, 0.05) is 18.2 Å². The van der Waals surface area contributed by atoms with Gasteiger partial charge in [-0.1, -0.05) is 31.0 Å². The van der Waals surface area contributed by atoms with Crippen molar-refractivity contribution in [2.24, 2.45) is 0 Å². The van der Waals surface area contributed by atoms with E-state index >= 15 is 0 Å². The molecular formula is C21H21FN2O. The highest BCUT2D eigenvalue weighted by Crippen LogP contribution is 2.25. The van der Waals surface area contributed by atoms with Crippen molar-refractivity contribution in [3.8, 4) is 6.07 Å². The smallest absolute Gasteiger partial charge is 0.254 e. The normalized spacial score (nSPS) is 14.2. The van der Waals surface area contributed by atoms with Crippen LogP contribution in [0.4, 0.5) is 4.39 Å². The lowest BCUT2D eigenvalue weighted by Gasteiger charge is -2.29. The van der Waals surface area contributed by atoms with E-state index in [1.807, 2.05) is 4.90 Å². The predicted molar refractivity (Wildman–Crippen MR) is 94.6 cm³/mol. The molecule has 1 fully saturated rings. The average molecular weight is 336 g/mol. The molecule has 0 atom stereocenters. The zero-order valence-corrected chi connectivity index (χ0v) is 14.1. The molecule has 2 aromatic carbocycles. The van der Waals surface area contributed by atoms with Crippen LogP contribution in [0.2, 0.25) is 0 Å². The van der Waals surface area contributed by atoms with Gasteiger partial charge in [0.1, 0.15) is 5.82 Å². The van der Waals surface area contributed by atoms with Gasteiger partial charge < -0.3 is 4.90 Å². The molecule has 0 unspecified atom stereocenters. The number of benzene rings is 2. The summed E-state index contributed by atoms with van der Waals surface area (Å²) in [5.41, 5.74) is 2.07. The second-order valence-electron chi connectivity index (χ2n) is 6.51. The Labute approximate surface area is 147 Å². The van der Waals surface area contributed by atoms with Crippen LogP contribution in [0.25, 0.3) is 0 Å². The quantitative estimate of drug-likeness (QED) is 0.816. The van der Waals surface area contributed by atoms with Crippen LogP contribution in [-0.4, -0.2) is 23.4 Å². The van der Waals surface area contributed by atoms with Crippen molar-refractivity contribution < 1.29 is 9.18 Å². The van der Waals surface area contributed by atoms with E-state index in [4.69, 9.17) is 5.26 Å². The second kappa shape index (κ2) is 7.94. The Bertz CT molecular complexity index is 773. The molecule has 1 aliphatic rings. The maximum absolute atomic E-state index is 13.1. The number of hydrogen-bond donors (Lipinski definition) is 0. The van der Waals surface area contributed by atoms with Crippen LogP contribution in [0, 0.1) is 17.1 Å². The van der Waals surface area contributed by atoms with Gasteiger partial charge in [0.25, 0.3) is 5.91 Å². The Morgan fingerprint density at radius 1 is 1.16 bits per heavy atom. The standard InChI is InChI=1S/C21H21FN2O/c22-19-10-8-16(9-11-19)12-13-24(20-6-1-2-7-20)21(25)18-5-3-4-17(14-18)15-23/h3-5,8-11,14,20H,1-2,6-7,12-13H2. The molecule has 0 aromatic heterocycles. The minimum absolute atomic E-state index is 0.0221. The second-order valence-corrected chi connectivity index (χ2v) is 6.51. The van der Waals surface area contributed by atoms with Gasteiger partial charge in [0.2, 0.25) is 0 Å². The molecule has 3 nitrogen and oxygen atoms in total. The minimum Gasteiger partial charge on any atom is -0.335 e. The van der Waals surface area contributed by atoms with E-state index in [0.717, 1.165) is 31.2 Å². The number of nitrogens with zero attached hydrogens (tertiary/aromatic N) is 2. The van der Waals surface area contributed by atoms with Crippen LogP contribution in [0.5, 0.6) is 0 Å². The van der Waals surface area contributed by atoms with Crippen LogP contribution in [0.1, 0.15) is 47.2 Å². The minimum atomic E-state index is -0.249. The summed E-state index contributed by atoms with van der Waals surface area (Å²) in [6.45, 7) is 0.603. The molecule has 0 saturated heterocycles. The van der Waals surface area contributed by atoms with Gasteiger partial charge in [-0.25, -0.2) is 4.39 Å². The highest BCUT2D eigenvalue weighted by atomic mass is 19.1. The first-order valence-electron chi connectivity index (χ1n) is 8.73. The monoisotopic (exact) mass is 336 g/mol. The number of rotatable bonds is 5. The van der Waals surface area contributed by atoms with Gasteiger partial charge in [-0.3, -0.25) is 4.79 Å². The first-order chi connectivity index (χ1) is 12.2. The Hall–Kier alpha value is -2.67. The third-order valence-electron chi connectivity index (χ3n) is 4.82. The van der Waals surface area contributed by atoms with Gasteiger partial charge in [0.15, 0.2) is 0 Å². The van der Waals surface area contributed by atoms with Crippen molar-refractivity contribution in [3.05, 3.63) is 71.0 Å². The first-order valence-corrected chi connectivity index (χ1v) is 8.73. The number of carbonyl (C=O) groups excluding carboxylic acids is 1. The van der Waals surface area contributed by atoms with Gasteiger partial charge >= 0.3 is 0 Å². The molecule has 0 spiro atoms. The summed E-state index contributed by atoms with van der Waals surface area (Å²) in [6.07, 6.45) is 5.02. The van der Waals surface area contributed by atoms with Crippen LogP contribution < -0.4 is 0 Å². The van der Waals surface area contributed by atoms with Crippen LogP contribution in [0.3, 0.4) is 0 Å². The zero-order chi connectivity index (χ0) is 17.6. The van der Waals surface area contributed by atoms with Gasteiger partial charge in [0.05, 0.1) is 11.6 Å². The van der Waals surface area contributed by atoms with Gasteiger partial charge in [-0.2, -0.15) is 5.26 Å². The Morgan fingerprint density at radius 3 is 2.56 bits per heavy atom. The highest BCUT2D eigenvalue weighted by molar-refractivity contribution is 5.94. The molecular weight excluding hydrogens is 315 g/mol. The lowest BCUT2D eigenvalue weighted by atomic mass is 10.1. The third kappa shape index (κ3) is 4.24. The van der Waals surface area contributed by atoms with Crippen molar-refractivity contribution in [2.45, 2.75) is 38.1 Å². The molecule has 1 aliphatic carbocycles. The van der Waals surface area contributed by atoms with Crippen molar-refractivity contribution >= 4 is 5.91 Å². The average Bonchev–Trinajstić information content (AvgIpc) is 3.17. The molecule has 2 aromatic rings. The van der Waals surface area contributed by atoms with E-state index in [2.05, 4.69) is 6.07 Å². The number of amides is 1. The zero-order valence-electron chi connectivity index (χ0n) is 14.1. The van der Waals surface area contributed by atoms with E-state index in [1.54, 1.807) is 36.4 Å². The van der Waals surface area contributed by atoms with Crippen molar-refractivity contribution in [1.29, 1.82) is 5.26 Å². The molecule has 25 heavy (non-hydrogen) atoms. The largest absolute Gasteiger partial charge is 0.335 e. The lowest BCUT2D eigenvalue weighted by Crippen LogP contribution is -2.40. The summed E-state index contributed by atoms with van der Waals surface area (Å²) in [5, 5.41) is 9.06. The molecule has 1 amide bonds. The summed E-state index contributed by atoms with van der Waals surface area (Å²) < 4.78 is 13.1. The van der Waals surface area contributed by atoms with E-state index < -0.39 is 0 Å². The fourth-order valence-electron chi connectivity index (χ4n) is 3.45. The van der Waals surface area contributed by atoms with E-state index in [-0.39, 0.29) is 17.8 Å². The Morgan fingerprint density at radius 2 is 1.88 bits per heavy atom. The van der Waals surface area contributed by atoms with Crippen molar-refractivity contribution in [3.63, 3.8) is 0 Å². The molecule has 0 radical (unpaired) electrons. The van der Waals surface area contributed by atoms with Gasteiger partial charge in [-0.15, -0.1) is 0 Å². The summed E-state index contributed by atoms with van der Waals surface area (Å²) >= 11 is 0. The summed E-state index contributed by atoms with van der Waals surface area (Å²) in [6, 6.07) is 15.6. The molecule has 0 N–H and O–H groups in total. The molecule has 0 heterocycles. The highest BCUT2D eigenvalue weighted by Gasteiger charge is 2.27. The van der Waals surface area contributed by atoms with E-state index in [1.165, 1.54) is 12.1 Å². The SMILES string of the molecule is N#Cc1cccc(C(=O)N(CCc2ccc(F)cc2)C2CCCC2)c1. The lowest BCUT2D eigenvalue weighted by molar-refractivity contribution is 0.0684. The summed E-state index contributed by atoms with van der Waals surface area (Å²) in [5.74, 6) is -0.271. The Kier molecular flexibility index (Phi) is 5.45. The number of carbonyl (C=O) groups is 1. The fourth-order valence-corrected chi connectivity index (χ4v) is 3.45. The number of halogens is 1. The van der Waals surface area contributed by atoms with Crippen LogP contribution in [-0.2, 0) is 6.42 Å². The van der Waals surface area contributed by atoms with Crippen LogP contribution >= 0.6 is 0 Å². The Balaban J connectivity index is 1.77. The van der Waals surface area contributed by atoms with Crippen molar-refractivity contribution in [1.82, 2.24) is 4.90 Å². The maximum Gasteiger partial charge on any atom is 0.254 e. The number of hydrogen-bond acceptors (Lipinski definition) is 2. The van der Waals surface area contributed by atoms with Crippen LogP contribution in [0.15, 0.2) is 48.5 Å². The third-order valence-corrected chi connectivity index (χ3v) is 4.82. The number of nitriles is 1. The summed E-state index contributed by atoms with van der Waals surface area (Å²) in [7, 11) is 0. The molecule has 1 saturated carbocycles. The molecule has 128 valence electrons. The van der Waals surface area contributed by atoms with E-state index in [0.29, 0.717) is 24.1 Å². The van der Waals surface area contributed by atoms with Crippen molar-refractivity contribution in [2.75, 3.05) is 6.54 Å². The summed E-state index contributed by atoms with van der Waals surface area (Å²) in [4.78, 5) is 15.0. The molecule has 0 aliphatic heterocycles. The predicted octanol–water partition coefficient (Wildman–Crippen LogP) is 4.32. The topological polar surface area (TPSA) is 44.1 Å². The molecule has 0 bridgehead atoms. The first kappa shape index (κ1) is 17.2. The van der Waals surface area contributed by atoms with E-state index in [9.17, 15) is 9.18 Å². The maximum atomic E-state index is 13.1. The fraction of sp³-hybridized carbons (Fsp3) is 0.333. The molecule has 3 rings (SSSR count).